The minimum Gasteiger partial charge on any atom is -0.493 e. The van der Waals surface area contributed by atoms with Gasteiger partial charge in [0.1, 0.15) is 17.6 Å². The van der Waals surface area contributed by atoms with Gasteiger partial charge in [0.2, 0.25) is 0 Å². The van der Waals surface area contributed by atoms with Crippen LogP contribution in [-0.2, 0) is 11.2 Å². The van der Waals surface area contributed by atoms with Gasteiger partial charge >= 0.3 is 0 Å². The van der Waals surface area contributed by atoms with E-state index in [9.17, 15) is 5.11 Å². The first-order valence-corrected chi connectivity index (χ1v) is 7.41. The van der Waals surface area contributed by atoms with E-state index in [4.69, 9.17) is 14.2 Å². The third kappa shape index (κ3) is 2.38. The minimum atomic E-state index is -0.0913. The smallest absolute Gasteiger partial charge is 0.125 e. The summed E-state index contributed by atoms with van der Waals surface area (Å²) in [5, 5.41) is 9.50. The molecule has 3 rings (SSSR count). The number of hydrogen-bond donors (Lipinski definition) is 1. The van der Waals surface area contributed by atoms with Gasteiger partial charge in [-0.15, -0.1) is 0 Å². The molecule has 3 atom stereocenters. The van der Waals surface area contributed by atoms with Crippen LogP contribution in [0.25, 0.3) is 0 Å². The maximum atomic E-state index is 9.50. The van der Waals surface area contributed by atoms with Gasteiger partial charge in [-0.3, -0.25) is 0 Å². The molecule has 2 aliphatic heterocycles. The lowest BCUT2D eigenvalue weighted by Gasteiger charge is -2.21. The summed E-state index contributed by atoms with van der Waals surface area (Å²) in [6.07, 6.45) is 1.94. The highest BCUT2D eigenvalue weighted by atomic mass is 16.5. The minimum absolute atomic E-state index is 0.0913. The number of benzene rings is 1. The summed E-state index contributed by atoms with van der Waals surface area (Å²) in [7, 11) is 0. The van der Waals surface area contributed by atoms with Crippen molar-refractivity contribution in [2.24, 2.45) is 5.92 Å². The molecule has 0 amide bonds. The second-order valence-corrected chi connectivity index (χ2v) is 5.59. The van der Waals surface area contributed by atoms with Crippen molar-refractivity contribution >= 4 is 0 Å². The normalized spacial score (nSPS) is 28.2. The molecule has 2 aliphatic rings. The molecule has 1 N–H and O–H groups in total. The van der Waals surface area contributed by atoms with Gasteiger partial charge in [0, 0.05) is 36.7 Å². The van der Waals surface area contributed by atoms with E-state index in [1.807, 2.05) is 13.0 Å². The fourth-order valence-electron chi connectivity index (χ4n) is 3.12. The fraction of sp³-hybridized carbons (Fsp3) is 0.625. The van der Waals surface area contributed by atoms with Crippen molar-refractivity contribution in [3.8, 4) is 11.5 Å². The molecule has 0 bridgehead atoms. The second kappa shape index (κ2) is 5.62. The third-order valence-corrected chi connectivity index (χ3v) is 4.08. The monoisotopic (exact) mass is 278 g/mol. The lowest BCUT2D eigenvalue weighted by molar-refractivity contribution is 0.0694. The lowest BCUT2D eigenvalue weighted by atomic mass is 9.94. The molecule has 110 valence electrons. The summed E-state index contributed by atoms with van der Waals surface area (Å²) < 4.78 is 17.4. The van der Waals surface area contributed by atoms with Gasteiger partial charge in [0.25, 0.3) is 0 Å². The molecule has 0 spiro atoms. The van der Waals surface area contributed by atoms with Crippen LogP contribution in [0.1, 0.15) is 37.5 Å². The van der Waals surface area contributed by atoms with Crippen molar-refractivity contribution in [3.63, 3.8) is 0 Å². The highest BCUT2D eigenvalue weighted by Crippen LogP contribution is 2.43. The standard InChI is InChI=1S/C16H22O4/c1-3-18-15-7-12-6-10(2)20-14(12)8-13(15)16-11(9-17)4-5-19-16/h7-8,10-11,16-17H,3-6,9H2,1-2H3. The molecule has 1 aromatic carbocycles. The molecule has 4 heteroatoms. The van der Waals surface area contributed by atoms with Gasteiger partial charge in [-0.25, -0.2) is 0 Å². The third-order valence-electron chi connectivity index (χ3n) is 4.08. The number of fused-ring (bicyclic) bond motifs is 1. The summed E-state index contributed by atoms with van der Waals surface area (Å²) in [6.45, 7) is 5.51. The first-order valence-electron chi connectivity index (χ1n) is 7.41. The Balaban J connectivity index is 1.98. The molecular formula is C16H22O4. The first kappa shape index (κ1) is 13.7. The highest BCUT2D eigenvalue weighted by Gasteiger charge is 2.33. The molecule has 0 saturated carbocycles. The molecule has 2 heterocycles. The van der Waals surface area contributed by atoms with Crippen LogP contribution in [0, 0.1) is 5.92 Å². The van der Waals surface area contributed by atoms with E-state index in [0.717, 1.165) is 29.9 Å². The predicted molar refractivity (Wildman–Crippen MR) is 75.3 cm³/mol. The molecule has 1 saturated heterocycles. The van der Waals surface area contributed by atoms with Crippen LogP contribution >= 0.6 is 0 Å². The van der Waals surface area contributed by atoms with Crippen molar-refractivity contribution in [1.29, 1.82) is 0 Å². The Morgan fingerprint density at radius 2 is 2.25 bits per heavy atom. The zero-order valence-corrected chi connectivity index (χ0v) is 12.1. The predicted octanol–water partition coefficient (Wildman–Crippen LogP) is 2.48. The zero-order valence-electron chi connectivity index (χ0n) is 12.1. The summed E-state index contributed by atoms with van der Waals surface area (Å²) in [4.78, 5) is 0. The largest absolute Gasteiger partial charge is 0.493 e. The van der Waals surface area contributed by atoms with E-state index in [2.05, 4.69) is 13.0 Å². The molecule has 3 unspecified atom stereocenters. The van der Waals surface area contributed by atoms with Crippen LogP contribution in [0.4, 0.5) is 0 Å². The van der Waals surface area contributed by atoms with E-state index in [0.29, 0.717) is 13.2 Å². The summed E-state index contributed by atoms with van der Waals surface area (Å²) in [5.41, 5.74) is 2.21. The maximum Gasteiger partial charge on any atom is 0.125 e. The van der Waals surface area contributed by atoms with Gasteiger partial charge in [0.15, 0.2) is 0 Å². The Labute approximate surface area is 119 Å². The van der Waals surface area contributed by atoms with Crippen molar-refractivity contribution in [2.45, 2.75) is 38.9 Å². The van der Waals surface area contributed by atoms with Gasteiger partial charge in [-0.1, -0.05) is 0 Å². The average molecular weight is 278 g/mol. The summed E-state index contributed by atoms with van der Waals surface area (Å²) in [5.74, 6) is 1.95. The van der Waals surface area contributed by atoms with E-state index < -0.39 is 0 Å². The lowest BCUT2D eigenvalue weighted by Crippen LogP contribution is -2.13. The summed E-state index contributed by atoms with van der Waals surface area (Å²) >= 11 is 0. The number of aliphatic hydroxyl groups excluding tert-OH is 1. The SMILES string of the molecule is CCOc1cc2c(cc1C1OCCC1CO)OC(C)C2. The van der Waals surface area contributed by atoms with Crippen LogP contribution in [-0.4, -0.2) is 31.0 Å². The molecule has 0 aromatic heterocycles. The van der Waals surface area contributed by atoms with E-state index >= 15 is 0 Å². The number of hydrogen-bond acceptors (Lipinski definition) is 4. The van der Waals surface area contributed by atoms with E-state index in [-0.39, 0.29) is 24.7 Å². The number of ether oxygens (including phenoxy) is 3. The van der Waals surface area contributed by atoms with Crippen molar-refractivity contribution in [2.75, 3.05) is 19.8 Å². The number of aliphatic hydroxyl groups is 1. The van der Waals surface area contributed by atoms with Gasteiger partial charge in [-0.2, -0.15) is 0 Å². The zero-order chi connectivity index (χ0) is 14.1. The van der Waals surface area contributed by atoms with Crippen molar-refractivity contribution in [3.05, 3.63) is 23.3 Å². The van der Waals surface area contributed by atoms with Crippen LogP contribution in [0.2, 0.25) is 0 Å². The summed E-state index contributed by atoms with van der Waals surface area (Å²) in [6, 6.07) is 4.12. The number of rotatable bonds is 4. The van der Waals surface area contributed by atoms with Crippen LogP contribution in [0.5, 0.6) is 11.5 Å². The average Bonchev–Trinajstić information content (AvgIpc) is 3.02. The van der Waals surface area contributed by atoms with Crippen LogP contribution in [0.15, 0.2) is 12.1 Å². The molecule has 4 nitrogen and oxygen atoms in total. The van der Waals surface area contributed by atoms with Gasteiger partial charge in [-0.05, 0) is 32.4 Å². The molecule has 0 aliphatic carbocycles. The molecule has 1 fully saturated rings. The molecule has 1 aromatic rings. The Bertz CT molecular complexity index is 486. The van der Waals surface area contributed by atoms with Crippen LogP contribution < -0.4 is 9.47 Å². The van der Waals surface area contributed by atoms with Gasteiger partial charge < -0.3 is 19.3 Å². The molecular weight excluding hydrogens is 256 g/mol. The van der Waals surface area contributed by atoms with Crippen molar-refractivity contribution in [1.82, 2.24) is 0 Å². The maximum absolute atomic E-state index is 9.50. The van der Waals surface area contributed by atoms with E-state index in [1.54, 1.807) is 0 Å². The highest BCUT2D eigenvalue weighted by molar-refractivity contribution is 5.50. The Kier molecular flexibility index (Phi) is 3.85. The Hall–Kier alpha value is -1.26. The second-order valence-electron chi connectivity index (χ2n) is 5.59. The Morgan fingerprint density at radius 3 is 3.00 bits per heavy atom. The van der Waals surface area contributed by atoms with Crippen molar-refractivity contribution < 1.29 is 19.3 Å². The topological polar surface area (TPSA) is 47.9 Å². The molecule has 0 radical (unpaired) electrons. The first-order chi connectivity index (χ1) is 9.72. The van der Waals surface area contributed by atoms with Gasteiger partial charge in [0.05, 0.1) is 12.7 Å². The molecule has 20 heavy (non-hydrogen) atoms. The fourth-order valence-corrected chi connectivity index (χ4v) is 3.12. The van der Waals surface area contributed by atoms with E-state index in [1.165, 1.54) is 5.56 Å². The van der Waals surface area contributed by atoms with Crippen LogP contribution in [0.3, 0.4) is 0 Å². The quantitative estimate of drug-likeness (QED) is 0.919. The Morgan fingerprint density at radius 1 is 1.40 bits per heavy atom.